The molecule has 0 aliphatic rings. The van der Waals surface area contributed by atoms with Crippen molar-refractivity contribution in [2.24, 2.45) is 0 Å². The summed E-state index contributed by atoms with van der Waals surface area (Å²) in [6.07, 6.45) is 0. The summed E-state index contributed by atoms with van der Waals surface area (Å²) in [6, 6.07) is 33.8. The molecule has 0 unspecified atom stereocenters. The van der Waals surface area contributed by atoms with Crippen molar-refractivity contribution >= 4 is 0 Å². The summed E-state index contributed by atoms with van der Waals surface area (Å²) in [4.78, 5) is 0. The Morgan fingerprint density at radius 3 is 1.25 bits per heavy atom. The first-order chi connectivity index (χ1) is 15.8. The van der Waals surface area contributed by atoms with Gasteiger partial charge >= 0.3 is 0 Å². The zero-order chi connectivity index (χ0) is 22.0. The largest absolute Gasteiger partial charge is 0.490 e. The van der Waals surface area contributed by atoms with Gasteiger partial charge in [-0.05, 0) is 16.7 Å². The third-order valence-corrected chi connectivity index (χ3v) is 4.92. The third-order valence-electron chi connectivity index (χ3n) is 4.92. The average molecular weight is 427 g/mol. The Hall–Kier alpha value is -3.92. The molecule has 32 heavy (non-hydrogen) atoms. The molecular formula is C28H26O4. The van der Waals surface area contributed by atoms with Gasteiger partial charge in [-0.3, -0.25) is 0 Å². The third kappa shape index (κ3) is 5.82. The molecule has 0 atom stereocenters. The zero-order valence-corrected chi connectivity index (χ0v) is 18.1. The fraction of sp³-hybridized carbons (Fsp3) is 0.143. The summed E-state index contributed by atoms with van der Waals surface area (Å²) >= 11 is 0. The van der Waals surface area contributed by atoms with Gasteiger partial charge in [0.25, 0.3) is 0 Å². The topological polar surface area (TPSA) is 36.9 Å². The molecule has 0 radical (unpaired) electrons. The average Bonchev–Trinajstić information content (AvgIpc) is 2.86. The normalized spacial score (nSPS) is 10.4. The predicted octanol–water partition coefficient (Wildman–Crippen LogP) is 6.43. The smallest absolute Gasteiger partial charge is 0.203 e. The van der Waals surface area contributed by atoms with Crippen molar-refractivity contribution in [3.05, 3.63) is 120 Å². The van der Waals surface area contributed by atoms with Crippen molar-refractivity contribution in [1.82, 2.24) is 0 Å². The van der Waals surface area contributed by atoms with E-state index in [2.05, 4.69) is 0 Å². The van der Waals surface area contributed by atoms with E-state index in [1.54, 1.807) is 7.11 Å². The van der Waals surface area contributed by atoms with Crippen LogP contribution in [0.2, 0.25) is 0 Å². The van der Waals surface area contributed by atoms with Crippen LogP contribution in [0.5, 0.6) is 23.0 Å². The first-order valence-corrected chi connectivity index (χ1v) is 10.5. The number of hydrogen-bond acceptors (Lipinski definition) is 4. The lowest BCUT2D eigenvalue weighted by atomic mass is 10.2. The van der Waals surface area contributed by atoms with E-state index in [4.69, 9.17) is 18.9 Å². The molecule has 4 aromatic rings. The van der Waals surface area contributed by atoms with Crippen LogP contribution in [0, 0.1) is 0 Å². The number of methoxy groups -OCH3 is 1. The molecule has 0 aliphatic carbocycles. The van der Waals surface area contributed by atoms with Crippen molar-refractivity contribution in [2.75, 3.05) is 7.11 Å². The summed E-state index contributed by atoms with van der Waals surface area (Å²) < 4.78 is 24.0. The molecule has 0 bridgehead atoms. The van der Waals surface area contributed by atoms with Crippen LogP contribution in [-0.4, -0.2) is 7.11 Å². The van der Waals surface area contributed by atoms with Gasteiger partial charge in [0.1, 0.15) is 25.6 Å². The van der Waals surface area contributed by atoms with Gasteiger partial charge in [0.15, 0.2) is 11.5 Å². The van der Waals surface area contributed by atoms with Crippen LogP contribution in [0.25, 0.3) is 0 Å². The molecule has 4 heteroatoms. The molecule has 162 valence electrons. The lowest BCUT2D eigenvalue weighted by Gasteiger charge is -2.18. The van der Waals surface area contributed by atoms with E-state index in [1.807, 2.05) is 103 Å². The van der Waals surface area contributed by atoms with E-state index in [-0.39, 0.29) is 0 Å². The van der Waals surface area contributed by atoms with E-state index in [0.29, 0.717) is 42.8 Å². The molecule has 0 saturated carbocycles. The SMILES string of the molecule is COc1c(OCc2ccccc2)cc(OCc2ccccc2)cc1OCc1ccccc1. The Morgan fingerprint density at radius 2 is 0.875 bits per heavy atom. The standard InChI is InChI=1S/C28H26O4/c1-29-28-26(31-20-23-13-7-3-8-14-23)17-25(30-19-22-11-5-2-6-12-22)18-27(28)32-21-24-15-9-4-10-16-24/h2-18H,19-21H2,1H3. The van der Waals surface area contributed by atoms with Crippen molar-refractivity contribution in [1.29, 1.82) is 0 Å². The minimum absolute atomic E-state index is 0.414. The molecule has 0 heterocycles. The lowest BCUT2D eigenvalue weighted by molar-refractivity contribution is 0.249. The number of hydrogen-bond donors (Lipinski definition) is 0. The van der Waals surface area contributed by atoms with Crippen LogP contribution in [0.15, 0.2) is 103 Å². The molecule has 4 aromatic carbocycles. The molecule has 0 spiro atoms. The number of ether oxygens (including phenoxy) is 4. The zero-order valence-electron chi connectivity index (χ0n) is 18.1. The van der Waals surface area contributed by atoms with Crippen LogP contribution in [0.1, 0.15) is 16.7 Å². The Labute approximate surface area is 189 Å². The number of benzene rings is 4. The first-order valence-electron chi connectivity index (χ1n) is 10.5. The van der Waals surface area contributed by atoms with Crippen molar-refractivity contribution in [2.45, 2.75) is 19.8 Å². The minimum atomic E-state index is 0.414. The quantitative estimate of drug-likeness (QED) is 0.293. The molecule has 0 aliphatic heterocycles. The second-order valence-electron chi connectivity index (χ2n) is 7.28. The van der Waals surface area contributed by atoms with Crippen molar-refractivity contribution < 1.29 is 18.9 Å². The van der Waals surface area contributed by atoms with Crippen molar-refractivity contribution in [3.63, 3.8) is 0 Å². The van der Waals surface area contributed by atoms with Gasteiger partial charge in [0, 0.05) is 12.1 Å². The minimum Gasteiger partial charge on any atom is -0.490 e. The summed E-state index contributed by atoms with van der Waals surface area (Å²) in [5.41, 5.74) is 3.22. The van der Waals surface area contributed by atoms with E-state index < -0.39 is 0 Å². The van der Waals surface area contributed by atoms with Crippen LogP contribution in [0.4, 0.5) is 0 Å². The van der Waals surface area contributed by atoms with Crippen molar-refractivity contribution in [3.8, 4) is 23.0 Å². The van der Waals surface area contributed by atoms with E-state index in [0.717, 1.165) is 16.7 Å². The molecule has 0 N–H and O–H groups in total. The summed E-state index contributed by atoms with van der Waals surface area (Å²) in [5.74, 6) is 2.35. The van der Waals surface area contributed by atoms with Gasteiger partial charge in [0.05, 0.1) is 7.11 Å². The van der Waals surface area contributed by atoms with Gasteiger partial charge in [-0.1, -0.05) is 91.0 Å². The van der Waals surface area contributed by atoms with Gasteiger partial charge in [-0.2, -0.15) is 0 Å². The summed E-state index contributed by atoms with van der Waals surface area (Å²) in [7, 11) is 1.62. The second-order valence-corrected chi connectivity index (χ2v) is 7.28. The highest BCUT2D eigenvalue weighted by Crippen LogP contribution is 2.42. The monoisotopic (exact) mass is 426 g/mol. The number of rotatable bonds is 10. The molecule has 0 saturated heterocycles. The van der Waals surface area contributed by atoms with E-state index in [1.165, 1.54) is 0 Å². The highest BCUT2D eigenvalue weighted by atomic mass is 16.5. The second kappa shape index (κ2) is 10.9. The van der Waals surface area contributed by atoms with Crippen LogP contribution < -0.4 is 18.9 Å². The maximum Gasteiger partial charge on any atom is 0.203 e. The highest BCUT2D eigenvalue weighted by molar-refractivity contribution is 5.56. The Kier molecular flexibility index (Phi) is 7.27. The predicted molar refractivity (Wildman–Crippen MR) is 125 cm³/mol. The molecule has 4 nitrogen and oxygen atoms in total. The molecule has 4 rings (SSSR count). The summed E-state index contributed by atoms with van der Waals surface area (Å²) in [5, 5.41) is 0. The van der Waals surface area contributed by atoms with Gasteiger partial charge < -0.3 is 18.9 Å². The Morgan fingerprint density at radius 1 is 0.500 bits per heavy atom. The molecule has 0 fully saturated rings. The highest BCUT2D eigenvalue weighted by Gasteiger charge is 2.16. The maximum atomic E-state index is 6.11. The maximum absolute atomic E-state index is 6.11. The fourth-order valence-electron chi connectivity index (χ4n) is 3.26. The fourth-order valence-corrected chi connectivity index (χ4v) is 3.26. The van der Waals surface area contributed by atoms with Gasteiger partial charge in [0.2, 0.25) is 5.75 Å². The van der Waals surface area contributed by atoms with E-state index >= 15 is 0 Å². The van der Waals surface area contributed by atoms with Crippen LogP contribution >= 0.6 is 0 Å². The summed E-state index contributed by atoms with van der Waals surface area (Å²) in [6.45, 7) is 1.28. The van der Waals surface area contributed by atoms with Gasteiger partial charge in [-0.25, -0.2) is 0 Å². The molecular weight excluding hydrogens is 400 g/mol. The Balaban J connectivity index is 1.57. The van der Waals surface area contributed by atoms with E-state index in [9.17, 15) is 0 Å². The molecule has 0 aromatic heterocycles. The van der Waals surface area contributed by atoms with Crippen LogP contribution in [-0.2, 0) is 19.8 Å². The molecule has 0 amide bonds. The first kappa shape index (κ1) is 21.3. The lowest BCUT2D eigenvalue weighted by Crippen LogP contribution is -2.03. The van der Waals surface area contributed by atoms with Gasteiger partial charge in [-0.15, -0.1) is 0 Å². The Bertz CT molecular complexity index is 1030. The van der Waals surface area contributed by atoms with Crippen LogP contribution in [0.3, 0.4) is 0 Å².